The van der Waals surface area contributed by atoms with Crippen molar-refractivity contribution in [2.24, 2.45) is 0 Å². The fraction of sp³-hybridized carbons (Fsp3) is 0.316. The van der Waals surface area contributed by atoms with Crippen LogP contribution in [0.5, 0.6) is 0 Å². The van der Waals surface area contributed by atoms with Crippen LogP contribution in [0.3, 0.4) is 0 Å². The summed E-state index contributed by atoms with van der Waals surface area (Å²) >= 11 is 1.63. The molecule has 1 unspecified atom stereocenters. The van der Waals surface area contributed by atoms with E-state index in [-0.39, 0.29) is 18.3 Å². The molecule has 1 atom stereocenters. The Morgan fingerprint density at radius 3 is 3.11 bits per heavy atom. The highest BCUT2D eigenvalue weighted by atomic mass is 32.1. The predicted molar refractivity (Wildman–Crippen MR) is 100 cm³/mol. The van der Waals surface area contributed by atoms with E-state index in [0.717, 1.165) is 28.8 Å². The van der Waals surface area contributed by atoms with Gasteiger partial charge in [-0.3, -0.25) is 14.7 Å². The lowest BCUT2D eigenvalue weighted by Gasteiger charge is -2.31. The molecule has 1 aliphatic heterocycles. The molecule has 0 radical (unpaired) electrons. The molecule has 9 heteroatoms. The molecular formula is C19H17N5O3S. The number of fused-ring (bicyclic) bond motifs is 2. The van der Waals surface area contributed by atoms with E-state index in [1.807, 2.05) is 24.4 Å². The lowest BCUT2D eigenvalue weighted by atomic mass is 9.80. The van der Waals surface area contributed by atoms with Crippen molar-refractivity contribution in [2.45, 2.75) is 38.3 Å². The summed E-state index contributed by atoms with van der Waals surface area (Å²) < 4.78 is 5.30. The number of nitrogens with one attached hydrogen (secondary N) is 1. The summed E-state index contributed by atoms with van der Waals surface area (Å²) in [6, 6.07) is 3.40. The SMILES string of the molecule is Cc1cncc(-c2nc(CN3C(=O)NC4(CCCc5sccc54)C3=O)no2)c1. The van der Waals surface area contributed by atoms with Crippen molar-refractivity contribution in [3.05, 3.63) is 51.7 Å². The molecule has 1 spiro atoms. The molecular weight excluding hydrogens is 378 g/mol. The lowest BCUT2D eigenvalue weighted by molar-refractivity contribution is -0.132. The van der Waals surface area contributed by atoms with E-state index in [0.29, 0.717) is 17.9 Å². The highest BCUT2D eigenvalue weighted by Gasteiger charge is 2.54. The molecule has 142 valence electrons. The quantitative estimate of drug-likeness (QED) is 0.685. The zero-order valence-corrected chi connectivity index (χ0v) is 16.0. The zero-order chi connectivity index (χ0) is 19.3. The summed E-state index contributed by atoms with van der Waals surface area (Å²) in [5, 5.41) is 8.84. The van der Waals surface area contributed by atoms with Crippen molar-refractivity contribution in [1.82, 2.24) is 25.3 Å². The number of urea groups is 1. The highest BCUT2D eigenvalue weighted by molar-refractivity contribution is 7.10. The number of rotatable bonds is 3. The summed E-state index contributed by atoms with van der Waals surface area (Å²) in [5.74, 6) is 0.338. The average molecular weight is 395 g/mol. The molecule has 3 aromatic rings. The summed E-state index contributed by atoms with van der Waals surface area (Å²) in [6.45, 7) is 1.89. The van der Waals surface area contributed by atoms with E-state index in [9.17, 15) is 9.59 Å². The number of carbonyl (C=O) groups excluding carboxylic acids is 2. The number of pyridine rings is 1. The first kappa shape index (κ1) is 17.1. The number of hydrogen-bond donors (Lipinski definition) is 1. The van der Waals surface area contributed by atoms with Crippen LogP contribution in [0.25, 0.3) is 11.5 Å². The van der Waals surface area contributed by atoms with Crippen LogP contribution >= 0.6 is 11.3 Å². The number of hydrogen-bond acceptors (Lipinski definition) is 7. The predicted octanol–water partition coefficient (Wildman–Crippen LogP) is 2.79. The minimum Gasteiger partial charge on any atom is -0.334 e. The van der Waals surface area contributed by atoms with Crippen molar-refractivity contribution in [2.75, 3.05) is 0 Å². The first-order chi connectivity index (χ1) is 13.6. The maximum Gasteiger partial charge on any atom is 0.325 e. The van der Waals surface area contributed by atoms with Gasteiger partial charge in [0.1, 0.15) is 5.54 Å². The number of nitrogens with zero attached hydrogens (tertiary/aromatic N) is 4. The molecule has 1 fully saturated rings. The first-order valence-electron chi connectivity index (χ1n) is 9.02. The van der Waals surface area contributed by atoms with Crippen LogP contribution in [0.2, 0.25) is 0 Å². The number of carbonyl (C=O) groups is 2. The molecule has 3 aromatic heterocycles. The number of thiophene rings is 1. The van der Waals surface area contributed by atoms with Crippen molar-refractivity contribution in [3.63, 3.8) is 0 Å². The topological polar surface area (TPSA) is 101 Å². The molecule has 1 aliphatic carbocycles. The Morgan fingerprint density at radius 2 is 2.25 bits per heavy atom. The van der Waals surface area contributed by atoms with Crippen LogP contribution in [0.15, 0.2) is 34.4 Å². The number of aryl methyl sites for hydroxylation is 2. The van der Waals surface area contributed by atoms with Crippen LogP contribution in [-0.4, -0.2) is 32.0 Å². The van der Waals surface area contributed by atoms with Gasteiger partial charge in [-0.1, -0.05) is 5.16 Å². The van der Waals surface area contributed by atoms with Crippen LogP contribution in [0.1, 0.15) is 34.7 Å². The standard InChI is InChI=1S/C19H17N5O3S/c1-11-7-12(9-20-8-11)16-21-15(23-27-16)10-24-17(25)19(22-18(24)26)5-2-3-14-13(19)4-6-28-14/h4,6-9H,2-3,5,10H2,1H3,(H,22,26). The largest absolute Gasteiger partial charge is 0.334 e. The van der Waals surface area contributed by atoms with Gasteiger partial charge in [-0.25, -0.2) is 4.79 Å². The molecule has 5 rings (SSSR count). The molecule has 1 saturated heterocycles. The summed E-state index contributed by atoms with van der Waals surface area (Å²) in [6.07, 6.45) is 5.77. The second-order valence-corrected chi connectivity index (χ2v) is 8.11. The van der Waals surface area contributed by atoms with Gasteiger partial charge in [0.25, 0.3) is 11.8 Å². The Bertz CT molecular complexity index is 1090. The van der Waals surface area contributed by atoms with Crippen molar-refractivity contribution in [3.8, 4) is 11.5 Å². The van der Waals surface area contributed by atoms with Gasteiger partial charge in [-0.05, 0) is 49.3 Å². The third-order valence-corrected chi connectivity index (χ3v) is 6.21. The van der Waals surface area contributed by atoms with E-state index in [4.69, 9.17) is 4.52 Å². The number of aromatic nitrogens is 3. The molecule has 0 saturated carbocycles. The molecule has 1 N–H and O–H groups in total. The van der Waals surface area contributed by atoms with E-state index < -0.39 is 11.6 Å². The lowest BCUT2D eigenvalue weighted by Crippen LogP contribution is -2.46. The highest BCUT2D eigenvalue weighted by Crippen LogP contribution is 2.42. The van der Waals surface area contributed by atoms with Crippen LogP contribution in [0.4, 0.5) is 4.79 Å². The Hall–Kier alpha value is -3.07. The van der Waals surface area contributed by atoms with Gasteiger partial charge in [-0.15, -0.1) is 11.3 Å². The van der Waals surface area contributed by atoms with Gasteiger partial charge in [0.05, 0.1) is 12.1 Å². The van der Waals surface area contributed by atoms with E-state index in [1.54, 1.807) is 23.7 Å². The van der Waals surface area contributed by atoms with Crippen LogP contribution in [0, 0.1) is 6.92 Å². The molecule has 0 bridgehead atoms. The summed E-state index contributed by atoms with van der Waals surface area (Å²) in [4.78, 5) is 36.6. The average Bonchev–Trinajstić information content (AvgIpc) is 3.39. The fourth-order valence-electron chi connectivity index (χ4n) is 3.93. The van der Waals surface area contributed by atoms with Crippen molar-refractivity contribution >= 4 is 23.3 Å². The molecule has 28 heavy (non-hydrogen) atoms. The minimum atomic E-state index is -0.961. The minimum absolute atomic E-state index is 0.0331. The van der Waals surface area contributed by atoms with Crippen LogP contribution in [-0.2, 0) is 23.3 Å². The number of imide groups is 1. The van der Waals surface area contributed by atoms with E-state index >= 15 is 0 Å². The van der Waals surface area contributed by atoms with Gasteiger partial charge in [-0.2, -0.15) is 4.98 Å². The second-order valence-electron chi connectivity index (χ2n) is 7.10. The molecule has 3 amide bonds. The summed E-state index contributed by atoms with van der Waals surface area (Å²) in [5.41, 5.74) is 1.63. The van der Waals surface area contributed by atoms with Crippen LogP contribution < -0.4 is 5.32 Å². The first-order valence-corrected chi connectivity index (χ1v) is 9.90. The smallest absolute Gasteiger partial charge is 0.325 e. The molecule has 8 nitrogen and oxygen atoms in total. The summed E-state index contributed by atoms with van der Waals surface area (Å²) in [7, 11) is 0. The Labute approximate surface area is 164 Å². The van der Waals surface area contributed by atoms with Crippen molar-refractivity contribution in [1.29, 1.82) is 0 Å². The zero-order valence-electron chi connectivity index (χ0n) is 15.1. The molecule has 4 heterocycles. The Balaban J connectivity index is 1.42. The maximum absolute atomic E-state index is 13.2. The molecule has 2 aliphatic rings. The Morgan fingerprint density at radius 1 is 1.36 bits per heavy atom. The third kappa shape index (κ3) is 2.54. The number of amides is 3. The Kier molecular flexibility index (Phi) is 3.80. The van der Waals surface area contributed by atoms with E-state index in [2.05, 4.69) is 20.4 Å². The van der Waals surface area contributed by atoms with Gasteiger partial charge >= 0.3 is 6.03 Å². The second kappa shape index (κ2) is 6.23. The molecule has 0 aromatic carbocycles. The van der Waals surface area contributed by atoms with E-state index in [1.165, 1.54) is 4.90 Å². The van der Waals surface area contributed by atoms with Gasteiger partial charge in [0.15, 0.2) is 5.82 Å². The maximum atomic E-state index is 13.2. The monoisotopic (exact) mass is 395 g/mol. The third-order valence-electron chi connectivity index (χ3n) is 5.23. The van der Waals surface area contributed by atoms with Gasteiger partial charge < -0.3 is 9.84 Å². The normalized spacial score (nSPS) is 21.2. The van der Waals surface area contributed by atoms with Gasteiger partial charge in [0, 0.05) is 22.8 Å². The van der Waals surface area contributed by atoms with Crippen molar-refractivity contribution < 1.29 is 14.1 Å². The van der Waals surface area contributed by atoms with Gasteiger partial charge in [0.2, 0.25) is 0 Å². The fourth-order valence-corrected chi connectivity index (χ4v) is 4.93.